The van der Waals surface area contributed by atoms with Crippen LogP contribution in [0.25, 0.3) is 0 Å². The van der Waals surface area contributed by atoms with E-state index in [1.807, 2.05) is 6.07 Å². The molecule has 0 N–H and O–H groups in total. The van der Waals surface area contributed by atoms with Gasteiger partial charge in [-0.1, -0.05) is 67.7 Å². The zero-order valence-corrected chi connectivity index (χ0v) is 15.3. The van der Waals surface area contributed by atoms with Crippen molar-refractivity contribution in [2.75, 3.05) is 5.33 Å². The molecule has 0 saturated carbocycles. The van der Waals surface area contributed by atoms with E-state index in [4.69, 9.17) is 11.6 Å². The van der Waals surface area contributed by atoms with Crippen LogP contribution in [0, 0.1) is 12.8 Å². The lowest BCUT2D eigenvalue weighted by Crippen LogP contribution is -2.10. The second-order valence-electron chi connectivity index (χ2n) is 5.15. The molecule has 3 heteroatoms. The molecule has 106 valence electrons. The smallest absolute Gasteiger partial charge is 0.0440 e. The Balaban J connectivity index is 2.09. The molecule has 2 aromatic rings. The second-order valence-corrected chi connectivity index (χ2v) is 7.12. The zero-order valence-electron chi connectivity index (χ0n) is 11.4. The normalized spacial score (nSPS) is 12.4. The van der Waals surface area contributed by atoms with Crippen molar-refractivity contribution in [3.05, 3.63) is 68.7 Å². The van der Waals surface area contributed by atoms with Crippen molar-refractivity contribution in [1.29, 1.82) is 0 Å². The topological polar surface area (TPSA) is 0 Å². The molecule has 2 rings (SSSR count). The summed E-state index contributed by atoms with van der Waals surface area (Å²) in [5, 5.41) is 1.86. The number of hydrogen-bond donors (Lipinski definition) is 0. The maximum atomic E-state index is 6.34. The zero-order chi connectivity index (χ0) is 14.5. The van der Waals surface area contributed by atoms with Crippen LogP contribution in [0.15, 0.2) is 46.9 Å². The van der Waals surface area contributed by atoms with Crippen LogP contribution in [-0.4, -0.2) is 5.33 Å². The van der Waals surface area contributed by atoms with Gasteiger partial charge in [-0.3, -0.25) is 0 Å². The summed E-state index contributed by atoms with van der Waals surface area (Å²) in [7, 11) is 0. The van der Waals surface area contributed by atoms with E-state index in [1.165, 1.54) is 16.7 Å². The summed E-state index contributed by atoms with van der Waals surface area (Å²) in [4.78, 5) is 0. The molecule has 0 aromatic heterocycles. The third kappa shape index (κ3) is 4.61. The lowest BCUT2D eigenvalue weighted by Gasteiger charge is -2.15. The molecule has 0 spiro atoms. The number of hydrogen-bond acceptors (Lipinski definition) is 0. The minimum absolute atomic E-state index is 0.546. The van der Waals surface area contributed by atoms with Crippen molar-refractivity contribution in [3.63, 3.8) is 0 Å². The summed E-state index contributed by atoms with van der Waals surface area (Å²) in [6.45, 7) is 2.07. The van der Waals surface area contributed by atoms with Crippen molar-refractivity contribution in [1.82, 2.24) is 0 Å². The Labute approximate surface area is 142 Å². The van der Waals surface area contributed by atoms with E-state index in [-0.39, 0.29) is 0 Å². The van der Waals surface area contributed by atoms with Gasteiger partial charge in [0.25, 0.3) is 0 Å². The number of alkyl halides is 1. The number of halogens is 3. The number of aryl methyl sites for hydroxylation is 1. The van der Waals surface area contributed by atoms with Crippen LogP contribution in [0.2, 0.25) is 5.02 Å². The van der Waals surface area contributed by atoms with Gasteiger partial charge < -0.3 is 0 Å². The predicted molar refractivity (Wildman–Crippen MR) is 95.0 cm³/mol. The van der Waals surface area contributed by atoms with Crippen molar-refractivity contribution in [2.45, 2.75) is 19.8 Å². The minimum atomic E-state index is 0.546. The molecule has 20 heavy (non-hydrogen) atoms. The second kappa shape index (κ2) is 7.63. The SMILES string of the molecule is Cc1ccc(CC(CBr)Cc2cccc(Br)c2)c(Cl)c1. The van der Waals surface area contributed by atoms with Gasteiger partial charge in [-0.25, -0.2) is 0 Å². The molecule has 0 radical (unpaired) electrons. The minimum Gasteiger partial charge on any atom is -0.0925 e. The number of rotatable bonds is 5. The molecule has 1 unspecified atom stereocenters. The highest BCUT2D eigenvalue weighted by Crippen LogP contribution is 2.24. The highest BCUT2D eigenvalue weighted by molar-refractivity contribution is 9.10. The average molecular weight is 417 g/mol. The van der Waals surface area contributed by atoms with Gasteiger partial charge in [-0.05, 0) is 60.6 Å². The number of benzene rings is 2. The quantitative estimate of drug-likeness (QED) is 0.509. The Kier molecular flexibility index (Phi) is 6.13. The lowest BCUT2D eigenvalue weighted by molar-refractivity contribution is 0.591. The van der Waals surface area contributed by atoms with Crippen LogP contribution in [0.5, 0.6) is 0 Å². The lowest BCUT2D eigenvalue weighted by atomic mass is 9.94. The van der Waals surface area contributed by atoms with E-state index in [9.17, 15) is 0 Å². The fourth-order valence-electron chi connectivity index (χ4n) is 2.31. The van der Waals surface area contributed by atoms with Gasteiger partial charge in [0.05, 0.1) is 0 Å². The monoisotopic (exact) mass is 414 g/mol. The standard InChI is InChI=1S/C17H17Br2Cl/c1-12-5-6-15(17(20)7-12)9-14(11-18)8-13-3-2-4-16(19)10-13/h2-7,10,14H,8-9,11H2,1H3. The summed E-state index contributed by atoms with van der Waals surface area (Å²) >= 11 is 13.5. The van der Waals surface area contributed by atoms with Gasteiger partial charge >= 0.3 is 0 Å². The molecule has 1 atom stereocenters. The van der Waals surface area contributed by atoms with Gasteiger partial charge in [0.1, 0.15) is 0 Å². The first-order chi connectivity index (χ1) is 9.58. The maximum absolute atomic E-state index is 6.34. The Morgan fingerprint density at radius 3 is 2.55 bits per heavy atom. The molecule has 0 amide bonds. The molecular formula is C17H17Br2Cl. The molecule has 0 bridgehead atoms. The summed E-state index contributed by atoms with van der Waals surface area (Å²) in [6.07, 6.45) is 2.05. The van der Waals surface area contributed by atoms with Crippen molar-refractivity contribution in [2.24, 2.45) is 5.92 Å². The van der Waals surface area contributed by atoms with Crippen LogP contribution in [0.3, 0.4) is 0 Å². The highest BCUT2D eigenvalue weighted by atomic mass is 79.9. The van der Waals surface area contributed by atoms with E-state index >= 15 is 0 Å². The Hall–Kier alpha value is -0.310. The van der Waals surface area contributed by atoms with Crippen LogP contribution >= 0.6 is 43.5 Å². The van der Waals surface area contributed by atoms with Gasteiger partial charge in [-0.15, -0.1) is 0 Å². The molecule has 0 aliphatic carbocycles. The molecule has 2 aromatic carbocycles. The van der Waals surface area contributed by atoms with E-state index < -0.39 is 0 Å². The first-order valence-electron chi connectivity index (χ1n) is 6.64. The van der Waals surface area contributed by atoms with E-state index in [0.717, 1.165) is 27.7 Å². The summed E-state index contributed by atoms with van der Waals surface area (Å²) in [5.74, 6) is 0.546. The van der Waals surface area contributed by atoms with Crippen molar-refractivity contribution < 1.29 is 0 Å². The van der Waals surface area contributed by atoms with Gasteiger partial charge in [0.15, 0.2) is 0 Å². The van der Waals surface area contributed by atoms with Gasteiger partial charge in [0.2, 0.25) is 0 Å². The molecule has 0 nitrogen and oxygen atoms in total. The van der Waals surface area contributed by atoms with Crippen LogP contribution < -0.4 is 0 Å². The molecule has 0 aliphatic heterocycles. The molecular weight excluding hydrogens is 399 g/mol. The first-order valence-corrected chi connectivity index (χ1v) is 8.93. The average Bonchev–Trinajstić information content (AvgIpc) is 2.41. The van der Waals surface area contributed by atoms with Gasteiger partial charge in [-0.2, -0.15) is 0 Å². The Morgan fingerprint density at radius 1 is 1.10 bits per heavy atom. The van der Waals surface area contributed by atoms with Crippen LogP contribution in [-0.2, 0) is 12.8 Å². The van der Waals surface area contributed by atoms with Crippen molar-refractivity contribution in [3.8, 4) is 0 Å². The first kappa shape index (κ1) is 16.1. The van der Waals surface area contributed by atoms with Crippen LogP contribution in [0.4, 0.5) is 0 Å². The molecule has 0 heterocycles. The molecule has 0 saturated heterocycles. The summed E-state index contributed by atoms with van der Waals surface area (Å²) < 4.78 is 1.14. The highest BCUT2D eigenvalue weighted by Gasteiger charge is 2.12. The Morgan fingerprint density at radius 2 is 1.90 bits per heavy atom. The van der Waals surface area contributed by atoms with E-state index in [0.29, 0.717) is 5.92 Å². The maximum Gasteiger partial charge on any atom is 0.0440 e. The summed E-state index contributed by atoms with van der Waals surface area (Å²) in [6, 6.07) is 14.8. The third-order valence-corrected chi connectivity index (χ3v) is 5.11. The van der Waals surface area contributed by atoms with Gasteiger partial charge in [0, 0.05) is 14.8 Å². The fraction of sp³-hybridized carbons (Fsp3) is 0.294. The Bertz CT molecular complexity index is 581. The van der Waals surface area contributed by atoms with Crippen molar-refractivity contribution >= 4 is 43.5 Å². The fourth-order valence-corrected chi connectivity index (χ4v) is 3.52. The molecule has 0 aliphatic rings. The molecule has 0 fully saturated rings. The predicted octanol–water partition coefficient (Wildman–Crippen LogP) is 6.21. The largest absolute Gasteiger partial charge is 0.0925 e. The summed E-state index contributed by atoms with van der Waals surface area (Å²) in [5.41, 5.74) is 3.80. The third-order valence-electron chi connectivity index (χ3n) is 3.35. The van der Waals surface area contributed by atoms with Crippen LogP contribution in [0.1, 0.15) is 16.7 Å². The van der Waals surface area contributed by atoms with E-state index in [1.54, 1.807) is 0 Å². The van der Waals surface area contributed by atoms with E-state index in [2.05, 4.69) is 75.2 Å².